The lowest BCUT2D eigenvalue weighted by Gasteiger charge is -2.22. The first-order valence-electron chi connectivity index (χ1n) is 7.45. The van der Waals surface area contributed by atoms with Crippen molar-refractivity contribution in [3.8, 4) is 5.75 Å². The maximum absolute atomic E-state index is 11.9. The molecule has 1 heterocycles. The predicted octanol–water partition coefficient (Wildman–Crippen LogP) is 2.06. The number of fused-ring (bicyclic) bond motifs is 1. The summed E-state index contributed by atoms with van der Waals surface area (Å²) in [5.74, 6) is 0.734. The van der Waals surface area contributed by atoms with Gasteiger partial charge in [-0.3, -0.25) is 4.79 Å². The van der Waals surface area contributed by atoms with Gasteiger partial charge >= 0.3 is 0 Å². The van der Waals surface area contributed by atoms with Crippen LogP contribution >= 0.6 is 0 Å². The molecule has 2 aliphatic rings. The summed E-state index contributed by atoms with van der Waals surface area (Å²) in [6, 6.07) is 5.79. The average Bonchev–Trinajstić information content (AvgIpc) is 3.00. The fourth-order valence-corrected chi connectivity index (χ4v) is 3.04. The molecule has 20 heavy (non-hydrogen) atoms. The number of rotatable bonds is 3. The zero-order valence-corrected chi connectivity index (χ0v) is 11.7. The van der Waals surface area contributed by atoms with E-state index in [1.807, 2.05) is 23.1 Å². The van der Waals surface area contributed by atoms with Gasteiger partial charge in [0, 0.05) is 13.1 Å². The van der Waals surface area contributed by atoms with Gasteiger partial charge in [0.05, 0.1) is 6.10 Å². The fourth-order valence-electron chi connectivity index (χ4n) is 3.04. The molecule has 1 atom stereocenters. The highest BCUT2D eigenvalue weighted by Gasteiger charge is 2.20. The van der Waals surface area contributed by atoms with Gasteiger partial charge in [0.25, 0.3) is 5.91 Å². The van der Waals surface area contributed by atoms with E-state index in [2.05, 4.69) is 0 Å². The Morgan fingerprint density at radius 3 is 2.90 bits per heavy atom. The number of amides is 1. The van der Waals surface area contributed by atoms with Crippen molar-refractivity contribution in [2.45, 2.75) is 38.2 Å². The molecule has 1 saturated heterocycles. The second-order valence-corrected chi connectivity index (χ2v) is 5.65. The van der Waals surface area contributed by atoms with Gasteiger partial charge in [0.1, 0.15) is 5.75 Å². The first-order chi connectivity index (χ1) is 9.74. The van der Waals surface area contributed by atoms with Crippen LogP contribution in [0.4, 0.5) is 0 Å². The minimum atomic E-state index is -0.392. The Labute approximate surface area is 119 Å². The van der Waals surface area contributed by atoms with Crippen LogP contribution in [0.15, 0.2) is 18.2 Å². The van der Waals surface area contributed by atoms with Gasteiger partial charge in [-0.25, -0.2) is 0 Å². The molecule has 1 aromatic carbocycles. The molecule has 1 aliphatic heterocycles. The third-order valence-electron chi connectivity index (χ3n) is 4.22. The molecule has 4 heteroatoms. The molecule has 1 amide bonds. The minimum absolute atomic E-state index is 0.0563. The molecular formula is C16H21NO3. The number of aliphatic hydroxyl groups excluding tert-OH is 1. The molecular weight excluding hydrogens is 254 g/mol. The van der Waals surface area contributed by atoms with Crippen molar-refractivity contribution in [1.82, 2.24) is 4.90 Å². The quantitative estimate of drug-likeness (QED) is 0.918. The summed E-state index contributed by atoms with van der Waals surface area (Å²) in [7, 11) is 0. The van der Waals surface area contributed by atoms with Crippen molar-refractivity contribution in [1.29, 1.82) is 0 Å². The highest BCUT2D eigenvalue weighted by atomic mass is 16.5. The van der Waals surface area contributed by atoms with Gasteiger partial charge < -0.3 is 14.7 Å². The summed E-state index contributed by atoms with van der Waals surface area (Å²) in [5.41, 5.74) is 2.16. The van der Waals surface area contributed by atoms with Crippen LogP contribution in [0.1, 0.15) is 42.9 Å². The molecule has 1 fully saturated rings. The average molecular weight is 275 g/mol. The summed E-state index contributed by atoms with van der Waals surface area (Å²) in [6.45, 7) is 1.80. The Bertz CT molecular complexity index is 494. The van der Waals surface area contributed by atoms with Crippen LogP contribution in [0.25, 0.3) is 0 Å². The van der Waals surface area contributed by atoms with Crippen LogP contribution in [-0.2, 0) is 11.2 Å². The zero-order chi connectivity index (χ0) is 13.9. The zero-order valence-electron chi connectivity index (χ0n) is 11.7. The SMILES string of the molecule is O=C(COc1ccc2c(c1)[C@H](O)CCC2)N1CCCC1. The molecule has 108 valence electrons. The molecule has 0 aromatic heterocycles. The second kappa shape index (κ2) is 5.83. The van der Waals surface area contributed by atoms with Gasteiger partial charge in [-0.1, -0.05) is 6.07 Å². The lowest BCUT2D eigenvalue weighted by Crippen LogP contribution is -2.32. The number of ether oxygens (including phenoxy) is 1. The van der Waals surface area contributed by atoms with Crippen molar-refractivity contribution in [2.24, 2.45) is 0 Å². The van der Waals surface area contributed by atoms with E-state index in [4.69, 9.17) is 4.74 Å². The molecule has 0 unspecified atom stereocenters. The molecule has 4 nitrogen and oxygen atoms in total. The Kier molecular flexibility index (Phi) is 3.92. The van der Waals surface area contributed by atoms with E-state index < -0.39 is 6.10 Å². The van der Waals surface area contributed by atoms with Crippen LogP contribution < -0.4 is 4.74 Å². The van der Waals surface area contributed by atoms with Crippen LogP contribution in [-0.4, -0.2) is 35.6 Å². The van der Waals surface area contributed by atoms with Crippen molar-refractivity contribution >= 4 is 5.91 Å². The lowest BCUT2D eigenvalue weighted by atomic mass is 9.89. The molecule has 0 radical (unpaired) electrons. The molecule has 1 aliphatic carbocycles. The molecule has 0 spiro atoms. The highest BCUT2D eigenvalue weighted by Crippen LogP contribution is 2.32. The molecule has 1 aromatic rings. The van der Waals surface area contributed by atoms with Crippen LogP contribution in [0.5, 0.6) is 5.75 Å². The van der Waals surface area contributed by atoms with E-state index in [9.17, 15) is 9.90 Å². The number of aryl methyl sites for hydroxylation is 1. The Hall–Kier alpha value is -1.55. The maximum Gasteiger partial charge on any atom is 0.260 e. The monoisotopic (exact) mass is 275 g/mol. The van der Waals surface area contributed by atoms with Crippen molar-refractivity contribution in [2.75, 3.05) is 19.7 Å². The largest absolute Gasteiger partial charge is 0.484 e. The smallest absolute Gasteiger partial charge is 0.260 e. The number of hydrogen-bond acceptors (Lipinski definition) is 3. The number of hydrogen-bond donors (Lipinski definition) is 1. The summed E-state index contributed by atoms with van der Waals surface area (Å²) in [6.07, 6.45) is 4.65. The number of nitrogens with zero attached hydrogens (tertiary/aromatic N) is 1. The maximum atomic E-state index is 11.9. The van der Waals surface area contributed by atoms with Gasteiger partial charge in [-0.2, -0.15) is 0 Å². The normalized spacial score (nSPS) is 21.6. The van der Waals surface area contributed by atoms with Crippen molar-refractivity contribution < 1.29 is 14.6 Å². The van der Waals surface area contributed by atoms with Gasteiger partial charge in [0.15, 0.2) is 6.61 Å². The lowest BCUT2D eigenvalue weighted by molar-refractivity contribution is -0.132. The Balaban J connectivity index is 1.63. The number of aliphatic hydroxyl groups is 1. The summed E-state index contributed by atoms with van der Waals surface area (Å²) in [4.78, 5) is 13.8. The Morgan fingerprint density at radius 2 is 2.10 bits per heavy atom. The van der Waals surface area contributed by atoms with Gasteiger partial charge in [-0.05, 0) is 55.4 Å². The highest BCUT2D eigenvalue weighted by molar-refractivity contribution is 5.78. The third kappa shape index (κ3) is 2.80. The molecule has 3 rings (SSSR count). The molecule has 0 saturated carbocycles. The van der Waals surface area contributed by atoms with Gasteiger partial charge in [0.2, 0.25) is 0 Å². The van der Waals surface area contributed by atoms with Crippen LogP contribution in [0.2, 0.25) is 0 Å². The van der Waals surface area contributed by atoms with E-state index in [-0.39, 0.29) is 12.5 Å². The number of carbonyl (C=O) groups excluding carboxylic acids is 1. The number of likely N-dealkylation sites (tertiary alicyclic amines) is 1. The van der Waals surface area contributed by atoms with E-state index in [1.54, 1.807) is 0 Å². The van der Waals surface area contributed by atoms with E-state index in [1.165, 1.54) is 5.56 Å². The first kappa shape index (κ1) is 13.4. The number of benzene rings is 1. The topological polar surface area (TPSA) is 49.8 Å². The molecule has 1 N–H and O–H groups in total. The number of carbonyl (C=O) groups is 1. The van der Waals surface area contributed by atoms with E-state index in [0.717, 1.165) is 50.8 Å². The second-order valence-electron chi connectivity index (χ2n) is 5.65. The van der Waals surface area contributed by atoms with Crippen molar-refractivity contribution in [3.63, 3.8) is 0 Å². The summed E-state index contributed by atoms with van der Waals surface area (Å²) < 4.78 is 5.59. The van der Waals surface area contributed by atoms with Crippen molar-refractivity contribution in [3.05, 3.63) is 29.3 Å². The first-order valence-corrected chi connectivity index (χ1v) is 7.45. The van der Waals surface area contributed by atoms with E-state index in [0.29, 0.717) is 5.75 Å². The predicted molar refractivity (Wildman–Crippen MR) is 75.6 cm³/mol. The minimum Gasteiger partial charge on any atom is -0.484 e. The standard InChI is InChI=1S/C16H21NO3/c18-15-5-3-4-12-6-7-13(10-14(12)15)20-11-16(19)17-8-1-2-9-17/h6-7,10,15,18H,1-5,8-9,11H2/t15-/m1/s1. The fraction of sp³-hybridized carbons (Fsp3) is 0.562. The van der Waals surface area contributed by atoms with Crippen LogP contribution in [0, 0.1) is 0 Å². The Morgan fingerprint density at radius 1 is 1.30 bits per heavy atom. The molecule has 0 bridgehead atoms. The van der Waals surface area contributed by atoms with Gasteiger partial charge in [-0.15, -0.1) is 0 Å². The van der Waals surface area contributed by atoms with Crippen LogP contribution in [0.3, 0.4) is 0 Å². The summed E-state index contributed by atoms with van der Waals surface area (Å²) >= 11 is 0. The van der Waals surface area contributed by atoms with E-state index >= 15 is 0 Å². The summed E-state index contributed by atoms with van der Waals surface area (Å²) in [5, 5.41) is 10.0. The third-order valence-corrected chi connectivity index (χ3v) is 4.22.